The van der Waals surface area contributed by atoms with Crippen LogP contribution in [0.3, 0.4) is 0 Å². The molecule has 0 spiro atoms. The first-order valence-corrected chi connectivity index (χ1v) is 3.22. The van der Waals surface area contributed by atoms with Gasteiger partial charge in [-0.3, -0.25) is 0 Å². The molecule has 2 heteroatoms. The van der Waals surface area contributed by atoms with Crippen LogP contribution in [-0.2, 0) is 0 Å². The average Bonchev–Trinajstić information content (AvgIpc) is 2.04. The number of terminal acetylenes is 1. The van der Waals surface area contributed by atoms with E-state index < -0.39 is 0 Å². The second-order valence-corrected chi connectivity index (χ2v) is 2.06. The van der Waals surface area contributed by atoms with E-state index in [9.17, 15) is 4.39 Å². The highest BCUT2D eigenvalue weighted by molar-refractivity contribution is 5.58. The predicted molar refractivity (Wildman–Crippen MR) is 43.9 cm³/mol. The molecule has 0 saturated heterocycles. The molecule has 0 fully saturated rings. The van der Waals surface area contributed by atoms with Crippen LogP contribution in [0, 0.1) is 18.2 Å². The van der Waals surface area contributed by atoms with E-state index >= 15 is 0 Å². The monoisotopic (exact) mass is 149 g/mol. The number of benzene rings is 1. The van der Waals surface area contributed by atoms with Gasteiger partial charge in [0.1, 0.15) is 5.82 Å². The minimum absolute atomic E-state index is 0.317. The molecule has 1 aromatic carbocycles. The summed E-state index contributed by atoms with van der Waals surface area (Å²) < 4.78 is 12.9. The van der Waals surface area contributed by atoms with Crippen LogP contribution in [0.5, 0.6) is 0 Å². The third kappa shape index (κ3) is 1.32. The molecular formula is C9H8FN. The fraction of sp³-hybridized carbons (Fsp3) is 0.111. The van der Waals surface area contributed by atoms with Gasteiger partial charge >= 0.3 is 0 Å². The molecule has 1 rings (SSSR count). The minimum Gasteiger partial charge on any atom is -0.385 e. The zero-order valence-corrected chi connectivity index (χ0v) is 6.19. The van der Waals surface area contributed by atoms with Gasteiger partial charge in [0.2, 0.25) is 0 Å². The van der Waals surface area contributed by atoms with Crippen molar-refractivity contribution in [3.8, 4) is 12.3 Å². The fourth-order valence-corrected chi connectivity index (χ4v) is 0.899. The third-order valence-electron chi connectivity index (χ3n) is 1.42. The largest absolute Gasteiger partial charge is 0.385 e. The molecular weight excluding hydrogens is 141 g/mol. The van der Waals surface area contributed by atoms with Crippen molar-refractivity contribution in [1.82, 2.24) is 0 Å². The van der Waals surface area contributed by atoms with Crippen molar-refractivity contribution in [2.24, 2.45) is 0 Å². The van der Waals surface area contributed by atoms with Gasteiger partial charge in [-0.2, -0.15) is 0 Å². The first-order valence-electron chi connectivity index (χ1n) is 3.22. The van der Waals surface area contributed by atoms with Crippen molar-refractivity contribution >= 4 is 5.69 Å². The van der Waals surface area contributed by atoms with Crippen LogP contribution >= 0.6 is 0 Å². The zero-order valence-electron chi connectivity index (χ0n) is 6.19. The zero-order chi connectivity index (χ0) is 8.27. The van der Waals surface area contributed by atoms with Gasteiger partial charge in [-0.25, -0.2) is 4.39 Å². The maximum Gasteiger partial charge on any atom is 0.147 e. The normalized spacial score (nSPS) is 8.82. The lowest BCUT2D eigenvalue weighted by atomic mass is 10.2. The second kappa shape index (κ2) is 3.07. The lowest BCUT2D eigenvalue weighted by Gasteiger charge is -2.03. The SMILES string of the molecule is C#Cc1cccc(F)c1NC. The van der Waals surface area contributed by atoms with Crippen LogP contribution in [-0.4, -0.2) is 7.05 Å². The Balaban J connectivity index is 3.27. The molecule has 11 heavy (non-hydrogen) atoms. The number of nitrogens with one attached hydrogen (secondary N) is 1. The van der Waals surface area contributed by atoms with Crippen LogP contribution in [0.1, 0.15) is 5.56 Å². The predicted octanol–water partition coefficient (Wildman–Crippen LogP) is 1.85. The molecule has 0 amide bonds. The Kier molecular flexibility index (Phi) is 2.12. The Morgan fingerprint density at radius 1 is 1.55 bits per heavy atom. The molecule has 0 aliphatic carbocycles. The van der Waals surface area contributed by atoms with Gasteiger partial charge in [0, 0.05) is 7.05 Å². The van der Waals surface area contributed by atoms with Crippen LogP contribution in [0.2, 0.25) is 0 Å². The quantitative estimate of drug-likeness (QED) is 0.601. The minimum atomic E-state index is -0.317. The summed E-state index contributed by atoms with van der Waals surface area (Å²) in [6, 6.07) is 4.65. The molecule has 0 unspecified atom stereocenters. The number of hydrogen-bond acceptors (Lipinski definition) is 1. The fourth-order valence-electron chi connectivity index (χ4n) is 0.899. The smallest absolute Gasteiger partial charge is 0.147 e. The molecule has 56 valence electrons. The van der Waals surface area contributed by atoms with Crippen molar-refractivity contribution in [1.29, 1.82) is 0 Å². The summed E-state index contributed by atoms with van der Waals surface area (Å²) in [6.45, 7) is 0. The third-order valence-corrected chi connectivity index (χ3v) is 1.42. The molecule has 0 atom stereocenters. The summed E-state index contributed by atoms with van der Waals surface area (Å²) in [5.74, 6) is 2.07. The van der Waals surface area contributed by atoms with E-state index in [0.717, 1.165) is 0 Å². The molecule has 1 aromatic rings. The molecule has 0 aliphatic rings. The molecule has 0 bridgehead atoms. The Labute approximate surface area is 65.2 Å². The summed E-state index contributed by atoms with van der Waals surface area (Å²) in [5.41, 5.74) is 0.933. The number of para-hydroxylation sites is 1. The van der Waals surface area contributed by atoms with E-state index in [1.165, 1.54) is 6.07 Å². The number of halogens is 1. The highest BCUT2D eigenvalue weighted by Gasteiger charge is 2.02. The molecule has 0 aromatic heterocycles. The number of rotatable bonds is 1. The van der Waals surface area contributed by atoms with E-state index in [-0.39, 0.29) is 5.82 Å². The maximum absolute atomic E-state index is 12.9. The topological polar surface area (TPSA) is 12.0 Å². The van der Waals surface area contributed by atoms with Crippen LogP contribution in [0.15, 0.2) is 18.2 Å². The van der Waals surface area contributed by atoms with E-state index in [1.54, 1.807) is 19.2 Å². The molecule has 1 nitrogen and oxygen atoms in total. The van der Waals surface area contributed by atoms with Gasteiger partial charge in [-0.15, -0.1) is 6.42 Å². The number of anilines is 1. The van der Waals surface area contributed by atoms with Gasteiger partial charge in [-0.05, 0) is 12.1 Å². The van der Waals surface area contributed by atoms with E-state index in [2.05, 4.69) is 11.2 Å². The number of hydrogen-bond donors (Lipinski definition) is 1. The maximum atomic E-state index is 12.9. The van der Waals surface area contributed by atoms with Crippen molar-refractivity contribution in [2.75, 3.05) is 12.4 Å². The summed E-state index contributed by atoms with van der Waals surface area (Å²) in [7, 11) is 1.64. The Hall–Kier alpha value is -1.49. The summed E-state index contributed by atoms with van der Waals surface area (Å²) in [6.07, 6.45) is 5.14. The molecule has 1 N–H and O–H groups in total. The van der Waals surface area contributed by atoms with Gasteiger partial charge < -0.3 is 5.32 Å². The summed E-state index contributed by atoms with van der Waals surface area (Å²) in [5, 5.41) is 2.70. The lowest BCUT2D eigenvalue weighted by Crippen LogP contribution is -1.95. The van der Waals surface area contributed by atoms with Gasteiger partial charge in [0.25, 0.3) is 0 Å². The van der Waals surface area contributed by atoms with E-state index in [4.69, 9.17) is 6.42 Å². The highest BCUT2D eigenvalue weighted by atomic mass is 19.1. The van der Waals surface area contributed by atoms with Crippen LogP contribution in [0.4, 0.5) is 10.1 Å². The summed E-state index contributed by atoms with van der Waals surface area (Å²) >= 11 is 0. The van der Waals surface area contributed by atoms with Gasteiger partial charge in [0.15, 0.2) is 0 Å². The molecule has 0 heterocycles. The Bertz CT molecular complexity index is 299. The lowest BCUT2D eigenvalue weighted by molar-refractivity contribution is 0.631. The van der Waals surface area contributed by atoms with E-state index in [1.807, 2.05) is 0 Å². The van der Waals surface area contributed by atoms with E-state index in [0.29, 0.717) is 11.3 Å². The van der Waals surface area contributed by atoms with Gasteiger partial charge in [0.05, 0.1) is 11.3 Å². The van der Waals surface area contributed by atoms with Crippen LogP contribution < -0.4 is 5.32 Å². The molecule has 0 saturated carbocycles. The van der Waals surface area contributed by atoms with Crippen molar-refractivity contribution in [2.45, 2.75) is 0 Å². The first kappa shape index (κ1) is 7.62. The Morgan fingerprint density at radius 2 is 2.27 bits per heavy atom. The molecule has 0 radical (unpaired) electrons. The van der Waals surface area contributed by atoms with Crippen molar-refractivity contribution in [3.05, 3.63) is 29.6 Å². The van der Waals surface area contributed by atoms with Crippen molar-refractivity contribution < 1.29 is 4.39 Å². The van der Waals surface area contributed by atoms with Crippen LogP contribution in [0.25, 0.3) is 0 Å². The first-order chi connectivity index (χ1) is 5.29. The average molecular weight is 149 g/mol. The Morgan fingerprint density at radius 3 is 2.73 bits per heavy atom. The molecule has 0 aliphatic heterocycles. The van der Waals surface area contributed by atoms with Gasteiger partial charge in [-0.1, -0.05) is 12.0 Å². The summed E-state index contributed by atoms with van der Waals surface area (Å²) in [4.78, 5) is 0. The standard InChI is InChI=1S/C9H8FN/c1-3-7-5-4-6-8(10)9(7)11-2/h1,4-6,11H,2H3. The van der Waals surface area contributed by atoms with Crippen molar-refractivity contribution in [3.63, 3.8) is 0 Å². The second-order valence-electron chi connectivity index (χ2n) is 2.06. The highest BCUT2D eigenvalue weighted by Crippen LogP contribution is 2.17.